The number of nitrogens with one attached hydrogen (secondary N) is 2. The first kappa shape index (κ1) is 20.2. The lowest BCUT2D eigenvalue weighted by molar-refractivity contribution is -0.141. The number of benzene rings is 2. The maximum Gasteiger partial charge on any atom is 0.326 e. The Morgan fingerprint density at radius 2 is 1.33 bits per heavy atom. The van der Waals surface area contributed by atoms with Gasteiger partial charge in [-0.1, -0.05) is 60.7 Å². The van der Waals surface area contributed by atoms with Gasteiger partial charge in [-0.2, -0.15) is 0 Å². The molecule has 27 heavy (non-hydrogen) atoms. The van der Waals surface area contributed by atoms with Crippen LogP contribution in [0, 0.1) is 0 Å². The summed E-state index contributed by atoms with van der Waals surface area (Å²) >= 11 is 0. The van der Waals surface area contributed by atoms with E-state index in [1.54, 1.807) is 0 Å². The number of carbonyl (C=O) groups is 3. The van der Waals surface area contributed by atoms with E-state index in [1.165, 1.54) is 0 Å². The molecular weight excluding hydrogens is 344 g/mol. The fourth-order valence-corrected chi connectivity index (χ4v) is 2.66. The van der Waals surface area contributed by atoms with Crippen molar-refractivity contribution in [2.24, 2.45) is 0 Å². The number of rotatable bonds is 10. The molecule has 0 aliphatic heterocycles. The van der Waals surface area contributed by atoms with Gasteiger partial charge in [-0.05, 0) is 24.0 Å². The Balaban J connectivity index is 1.70. The van der Waals surface area contributed by atoms with Crippen molar-refractivity contribution < 1.29 is 19.5 Å². The molecule has 0 radical (unpaired) electrons. The van der Waals surface area contributed by atoms with Crippen LogP contribution < -0.4 is 10.6 Å². The molecule has 2 aromatic rings. The van der Waals surface area contributed by atoms with Crippen molar-refractivity contribution in [1.29, 1.82) is 0 Å². The van der Waals surface area contributed by atoms with Crippen LogP contribution in [0.5, 0.6) is 0 Å². The molecule has 0 spiro atoms. The van der Waals surface area contributed by atoms with Crippen molar-refractivity contribution in [1.82, 2.24) is 10.6 Å². The number of hydrogen-bond donors (Lipinski definition) is 3. The van der Waals surface area contributed by atoms with Crippen LogP contribution in [0.3, 0.4) is 0 Å². The average Bonchev–Trinajstić information content (AvgIpc) is 2.65. The van der Waals surface area contributed by atoms with Crippen LogP contribution in [0.1, 0.15) is 24.0 Å². The second-order valence-electron chi connectivity index (χ2n) is 6.28. The number of carboxylic acid groups (broad SMARTS) is 1. The van der Waals surface area contributed by atoms with Crippen molar-refractivity contribution in [2.45, 2.75) is 31.7 Å². The average molecular weight is 368 g/mol. The summed E-state index contributed by atoms with van der Waals surface area (Å²) in [6.45, 7) is 0.365. The molecule has 6 nitrogen and oxygen atoms in total. The van der Waals surface area contributed by atoms with Crippen molar-refractivity contribution in [3.05, 3.63) is 71.8 Å². The van der Waals surface area contributed by atoms with Crippen molar-refractivity contribution in [3.63, 3.8) is 0 Å². The van der Waals surface area contributed by atoms with Crippen LogP contribution in [0.15, 0.2) is 60.7 Å². The van der Waals surface area contributed by atoms with E-state index >= 15 is 0 Å². The molecule has 0 saturated heterocycles. The second-order valence-corrected chi connectivity index (χ2v) is 6.28. The Morgan fingerprint density at radius 1 is 0.815 bits per heavy atom. The maximum absolute atomic E-state index is 12.0. The van der Waals surface area contributed by atoms with Crippen molar-refractivity contribution in [3.8, 4) is 0 Å². The third-order valence-corrected chi connectivity index (χ3v) is 4.04. The zero-order valence-corrected chi connectivity index (χ0v) is 15.1. The van der Waals surface area contributed by atoms with E-state index in [4.69, 9.17) is 0 Å². The fraction of sp³-hybridized carbons (Fsp3) is 0.286. The number of aliphatic carboxylic acids is 1. The van der Waals surface area contributed by atoms with Gasteiger partial charge in [-0.3, -0.25) is 9.59 Å². The molecule has 142 valence electrons. The minimum Gasteiger partial charge on any atom is -0.480 e. The molecule has 2 amide bonds. The van der Waals surface area contributed by atoms with Crippen LogP contribution in [0.25, 0.3) is 0 Å². The molecule has 0 saturated carbocycles. The van der Waals surface area contributed by atoms with E-state index in [0.717, 1.165) is 11.1 Å². The quantitative estimate of drug-likeness (QED) is 0.559. The highest BCUT2D eigenvalue weighted by Crippen LogP contribution is 2.03. The monoisotopic (exact) mass is 368 g/mol. The third-order valence-electron chi connectivity index (χ3n) is 4.04. The van der Waals surface area contributed by atoms with Crippen LogP contribution in [0.2, 0.25) is 0 Å². The number of carboxylic acids is 1. The molecule has 2 rings (SSSR count). The van der Waals surface area contributed by atoms with Crippen molar-refractivity contribution in [2.75, 3.05) is 6.54 Å². The third kappa shape index (κ3) is 7.73. The number of amides is 2. The van der Waals surface area contributed by atoms with Gasteiger partial charge >= 0.3 is 5.97 Å². The van der Waals surface area contributed by atoms with E-state index in [9.17, 15) is 19.5 Å². The zero-order chi connectivity index (χ0) is 19.5. The lowest BCUT2D eigenvalue weighted by Gasteiger charge is -2.15. The molecule has 0 aliphatic rings. The minimum atomic E-state index is -1.08. The maximum atomic E-state index is 12.0. The smallest absolute Gasteiger partial charge is 0.326 e. The molecule has 0 unspecified atom stereocenters. The normalized spacial score (nSPS) is 11.4. The van der Waals surface area contributed by atoms with Crippen LogP contribution in [-0.4, -0.2) is 35.5 Å². The largest absolute Gasteiger partial charge is 0.480 e. The molecule has 3 N–H and O–H groups in total. The Labute approximate surface area is 158 Å². The fourth-order valence-electron chi connectivity index (χ4n) is 2.66. The Hall–Kier alpha value is -3.15. The predicted molar refractivity (Wildman–Crippen MR) is 102 cm³/mol. The summed E-state index contributed by atoms with van der Waals surface area (Å²) in [4.78, 5) is 35.3. The first-order valence-corrected chi connectivity index (χ1v) is 8.91. The summed E-state index contributed by atoms with van der Waals surface area (Å²) in [5.41, 5.74) is 1.75. The summed E-state index contributed by atoms with van der Waals surface area (Å²) in [5, 5.41) is 14.6. The molecule has 0 bridgehead atoms. The van der Waals surface area contributed by atoms with Gasteiger partial charge in [0.05, 0.1) is 12.8 Å². The second kappa shape index (κ2) is 10.8. The summed E-state index contributed by atoms with van der Waals surface area (Å²) in [7, 11) is 0. The van der Waals surface area contributed by atoms with E-state index in [0.29, 0.717) is 13.0 Å². The molecule has 1 atom stereocenters. The first-order chi connectivity index (χ1) is 13.0. The van der Waals surface area contributed by atoms with Crippen LogP contribution in [0.4, 0.5) is 0 Å². The molecule has 2 aromatic carbocycles. The van der Waals surface area contributed by atoms with Gasteiger partial charge in [0.25, 0.3) is 0 Å². The zero-order valence-electron chi connectivity index (χ0n) is 15.1. The Morgan fingerprint density at radius 3 is 1.85 bits per heavy atom. The molecule has 0 heterocycles. The summed E-state index contributed by atoms with van der Waals surface area (Å²) in [6, 6.07) is 17.6. The molecule has 0 aliphatic carbocycles. The van der Waals surface area contributed by atoms with Crippen LogP contribution in [-0.2, 0) is 27.2 Å². The summed E-state index contributed by atoms with van der Waals surface area (Å²) < 4.78 is 0. The van der Waals surface area contributed by atoms with Crippen molar-refractivity contribution >= 4 is 17.8 Å². The number of hydrogen-bond acceptors (Lipinski definition) is 3. The minimum absolute atomic E-state index is 0.110. The highest BCUT2D eigenvalue weighted by atomic mass is 16.4. The van der Waals surface area contributed by atoms with Gasteiger partial charge in [0.1, 0.15) is 6.04 Å². The predicted octanol–water partition coefficient (Wildman–Crippen LogP) is 1.94. The number of carbonyl (C=O) groups excluding carboxylic acids is 2. The van der Waals surface area contributed by atoms with E-state index in [-0.39, 0.29) is 31.1 Å². The van der Waals surface area contributed by atoms with Gasteiger partial charge in [0, 0.05) is 6.54 Å². The molecular formula is C21H24N2O4. The van der Waals surface area contributed by atoms with Gasteiger partial charge in [-0.15, -0.1) is 0 Å². The summed E-state index contributed by atoms with van der Waals surface area (Å²) in [6.07, 6.45) is 1.14. The molecule has 0 aromatic heterocycles. The van der Waals surface area contributed by atoms with E-state index in [1.807, 2.05) is 60.7 Å². The Bertz CT molecular complexity index is 747. The highest BCUT2D eigenvalue weighted by Gasteiger charge is 2.19. The SMILES string of the molecule is O=C(Cc1ccccc1)NCCC[C@H](NC(=O)Cc1ccccc1)C(=O)O. The lowest BCUT2D eigenvalue weighted by Crippen LogP contribution is -2.42. The Kier molecular flexibility index (Phi) is 8.03. The highest BCUT2D eigenvalue weighted by molar-refractivity contribution is 5.84. The van der Waals surface area contributed by atoms with Gasteiger partial charge < -0.3 is 15.7 Å². The van der Waals surface area contributed by atoms with Gasteiger partial charge in [0.2, 0.25) is 11.8 Å². The van der Waals surface area contributed by atoms with E-state index < -0.39 is 12.0 Å². The first-order valence-electron chi connectivity index (χ1n) is 8.91. The lowest BCUT2D eigenvalue weighted by atomic mass is 10.1. The van der Waals surface area contributed by atoms with E-state index in [2.05, 4.69) is 10.6 Å². The summed E-state index contributed by atoms with van der Waals surface area (Å²) in [5.74, 6) is -1.52. The molecule has 0 fully saturated rings. The standard InChI is InChI=1S/C21H24N2O4/c24-19(14-16-8-3-1-4-9-16)22-13-7-12-18(21(26)27)23-20(25)15-17-10-5-2-6-11-17/h1-6,8-11,18H,7,12-15H2,(H,22,24)(H,23,25)(H,26,27)/t18-/m0/s1. The topological polar surface area (TPSA) is 95.5 Å². The van der Waals surface area contributed by atoms with Gasteiger partial charge in [0.15, 0.2) is 0 Å². The van der Waals surface area contributed by atoms with Crippen LogP contribution >= 0.6 is 0 Å². The molecule has 6 heteroatoms. The van der Waals surface area contributed by atoms with Gasteiger partial charge in [-0.25, -0.2) is 4.79 Å².